The number of amides is 1. The first kappa shape index (κ1) is 13.5. The second-order valence-corrected chi connectivity index (χ2v) is 5.49. The number of carbonyl (C=O) groups excluding carboxylic acids is 1. The van der Waals surface area contributed by atoms with E-state index < -0.39 is 0 Å². The molecule has 0 aromatic carbocycles. The Kier molecular flexibility index (Phi) is 5.16. The summed E-state index contributed by atoms with van der Waals surface area (Å²) >= 11 is 1.51. The van der Waals surface area contributed by atoms with Crippen LogP contribution in [0, 0.1) is 0 Å². The highest BCUT2D eigenvalue weighted by Gasteiger charge is 2.22. The van der Waals surface area contributed by atoms with Crippen molar-refractivity contribution in [3.8, 4) is 0 Å². The molecule has 5 heteroatoms. The summed E-state index contributed by atoms with van der Waals surface area (Å²) in [6, 6.07) is 3.81. The molecule has 4 nitrogen and oxygen atoms in total. The second-order valence-electron chi connectivity index (χ2n) is 4.54. The Bertz CT molecular complexity index is 359. The van der Waals surface area contributed by atoms with E-state index in [4.69, 9.17) is 5.11 Å². The minimum Gasteiger partial charge on any atom is -0.396 e. The van der Waals surface area contributed by atoms with E-state index in [9.17, 15) is 4.79 Å². The molecule has 1 aliphatic heterocycles. The zero-order chi connectivity index (χ0) is 12.8. The molecule has 0 radical (unpaired) electrons. The number of piperazine rings is 1. The van der Waals surface area contributed by atoms with Gasteiger partial charge in [0.25, 0.3) is 5.91 Å². The number of hydrogen-bond donors (Lipinski definition) is 1. The van der Waals surface area contributed by atoms with Crippen LogP contribution in [0.5, 0.6) is 0 Å². The van der Waals surface area contributed by atoms with Crippen molar-refractivity contribution in [2.45, 2.75) is 12.8 Å². The van der Waals surface area contributed by atoms with Crippen LogP contribution in [0.1, 0.15) is 22.5 Å². The molecule has 1 N–H and O–H groups in total. The van der Waals surface area contributed by atoms with Gasteiger partial charge in [0.15, 0.2) is 0 Å². The van der Waals surface area contributed by atoms with Crippen LogP contribution in [-0.4, -0.2) is 60.1 Å². The number of nitrogens with zero attached hydrogens (tertiary/aromatic N) is 2. The van der Waals surface area contributed by atoms with Gasteiger partial charge in [-0.25, -0.2) is 0 Å². The lowest BCUT2D eigenvalue weighted by Gasteiger charge is -2.34. The molecule has 1 aliphatic rings. The van der Waals surface area contributed by atoms with E-state index in [1.165, 1.54) is 11.3 Å². The molecule has 1 aromatic heterocycles. The third-order valence-electron chi connectivity index (χ3n) is 3.27. The Morgan fingerprint density at radius 2 is 2.06 bits per heavy atom. The fraction of sp³-hybridized carbons (Fsp3) is 0.615. The maximum atomic E-state index is 12.1. The Morgan fingerprint density at radius 3 is 2.67 bits per heavy atom. The van der Waals surface area contributed by atoms with E-state index in [1.807, 2.05) is 22.4 Å². The zero-order valence-electron chi connectivity index (χ0n) is 10.5. The Balaban J connectivity index is 1.75. The van der Waals surface area contributed by atoms with E-state index in [0.717, 1.165) is 50.4 Å². The third kappa shape index (κ3) is 3.54. The highest BCUT2D eigenvalue weighted by molar-refractivity contribution is 7.12. The van der Waals surface area contributed by atoms with Gasteiger partial charge >= 0.3 is 0 Å². The number of unbranched alkanes of at least 4 members (excludes halogenated alkanes) is 1. The van der Waals surface area contributed by atoms with Gasteiger partial charge in [-0.1, -0.05) is 6.07 Å². The van der Waals surface area contributed by atoms with Gasteiger partial charge in [-0.15, -0.1) is 11.3 Å². The van der Waals surface area contributed by atoms with Crippen molar-refractivity contribution in [3.05, 3.63) is 22.4 Å². The summed E-state index contributed by atoms with van der Waals surface area (Å²) in [6.07, 6.45) is 1.91. The number of rotatable bonds is 5. The lowest BCUT2D eigenvalue weighted by atomic mass is 10.2. The molecule has 1 amide bonds. The fourth-order valence-corrected chi connectivity index (χ4v) is 2.87. The Hall–Kier alpha value is -0.910. The second kappa shape index (κ2) is 6.87. The van der Waals surface area contributed by atoms with Crippen molar-refractivity contribution in [2.75, 3.05) is 39.3 Å². The lowest BCUT2D eigenvalue weighted by molar-refractivity contribution is 0.0638. The van der Waals surface area contributed by atoms with E-state index in [-0.39, 0.29) is 12.5 Å². The molecule has 1 aromatic rings. The first-order chi connectivity index (χ1) is 8.81. The van der Waals surface area contributed by atoms with Gasteiger partial charge in [0.1, 0.15) is 0 Å². The first-order valence-electron chi connectivity index (χ1n) is 6.47. The van der Waals surface area contributed by atoms with Crippen LogP contribution in [0.3, 0.4) is 0 Å². The molecule has 0 spiro atoms. The summed E-state index contributed by atoms with van der Waals surface area (Å²) in [6.45, 7) is 4.83. The van der Waals surface area contributed by atoms with Gasteiger partial charge in [-0.3, -0.25) is 9.69 Å². The average Bonchev–Trinajstić information content (AvgIpc) is 2.93. The molecule has 0 aliphatic carbocycles. The molecule has 1 fully saturated rings. The van der Waals surface area contributed by atoms with Crippen LogP contribution in [0.25, 0.3) is 0 Å². The molecular weight excluding hydrogens is 248 g/mol. The average molecular weight is 268 g/mol. The molecule has 0 unspecified atom stereocenters. The molecule has 0 atom stereocenters. The van der Waals surface area contributed by atoms with Crippen LogP contribution < -0.4 is 0 Å². The van der Waals surface area contributed by atoms with E-state index in [2.05, 4.69) is 4.90 Å². The summed E-state index contributed by atoms with van der Waals surface area (Å²) in [4.78, 5) is 17.3. The number of carbonyl (C=O) groups is 1. The Labute approximate surface area is 112 Å². The van der Waals surface area contributed by atoms with Gasteiger partial charge in [-0.2, -0.15) is 0 Å². The molecular formula is C13H20N2O2S. The third-order valence-corrected chi connectivity index (χ3v) is 4.13. The molecule has 18 heavy (non-hydrogen) atoms. The summed E-state index contributed by atoms with van der Waals surface area (Å²) in [7, 11) is 0. The molecule has 0 saturated carbocycles. The van der Waals surface area contributed by atoms with Crippen molar-refractivity contribution in [1.82, 2.24) is 9.80 Å². The zero-order valence-corrected chi connectivity index (χ0v) is 11.4. The maximum absolute atomic E-state index is 12.1. The summed E-state index contributed by atoms with van der Waals surface area (Å²) < 4.78 is 0. The largest absolute Gasteiger partial charge is 0.396 e. The number of aliphatic hydroxyl groups excluding tert-OH is 1. The monoisotopic (exact) mass is 268 g/mol. The molecule has 100 valence electrons. The lowest BCUT2D eigenvalue weighted by Crippen LogP contribution is -2.48. The predicted molar refractivity (Wildman–Crippen MR) is 73.0 cm³/mol. The highest BCUT2D eigenvalue weighted by Crippen LogP contribution is 2.13. The number of aliphatic hydroxyl groups is 1. The first-order valence-corrected chi connectivity index (χ1v) is 7.35. The summed E-state index contributed by atoms with van der Waals surface area (Å²) in [5, 5.41) is 10.7. The minimum absolute atomic E-state index is 0.167. The van der Waals surface area contributed by atoms with Crippen molar-refractivity contribution in [3.63, 3.8) is 0 Å². The van der Waals surface area contributed by atoms with Crippen LogP contribution >= 0.6 is 11.3 Å². The summed E-state index contributed by atoms with van der Waals surface area (Å²) in [5.41, 5.74) is 0. The smallest absolute Gasteiger partial charge is 0.264 e. The molecule has 2 heterocycles. The standard InChI is InChI=1S/C13H20N2O2S/c16-10-2-1-5-14-6-8-15(9-7-14)13(17)12-4-3-11-18-12/h3-4,11,16H,1-2,5-10H2. The highest BCUT2D eigenvalue weighted by atomic mass is 32.1. The molecule has 0 bridgehead atoms. The van der Waals surface area contributed by atoms with Gasteiger partial charge in [0.2, 0.25) is 0 Å². The van der Waals surface area contributed by atoms with E-state index >= 15 is 0 Å². The fourth-order valence-electron chi connectivity index (χ4n) is 2.18. The topological polar surface area (TPSA) is 43.8 Å². The van der Waals surface area contributed by atoms with Gasteiger partial charge < -0.3 is 10.0 Å². The molecule has 1 saturated heterocycles. The van der Waals surface area contributed by atoms with Crippen molar-refractivity contribution >= 4 is 17.2 Å². The predicted octanol–water partition coefficient (Wildman–Crippen LogP) is 1.28. The van der Waals surface area contributed by atoms with Crippen molar-refractivity contribution < 1.29 is 9.90 Å². The van der Waals surface area contributed by atoms with E-state index in [0.29, 0.717) is 0 Å². The maximum Gasteiger partial charge on any atom is 0.264 e. The minimum atomic E-state index is 0.167. The van der Waals surface area contributed by atoms with Crippen LogP contribution in [0.15, 0.2) is 17.5 Å². The van der Waals surface area contributed by atoms with Gasteiger partial charge in [-0.05, 0) is 30.8 Å². The quantitative estimate of drug-likeness (QED) is 0.818. The van der Waals surface area contributed by atoms with Gasteiger partial charge in [0, 0.05) is 32.8 Å². The van der Waals surface area contributed by atoms with Crippen LogP contribution in [0.2, 0.25) is 0 Å². The summed E-state index contributed by atoms with van der Waals surface area (Å²) in [5.74, 6) is 0.167. The normalized spacial score (nSPS) is 17.1. The van der Waals surface area contributed by atoms with Crippen LogP contribution in [-0.2, 0) is 0 Å². The van der Waals surface area contributed by atoms with Gasteiger partial charge in [0.05, 0.1) is 4.88 Å². The van der Waals surface area contributed by atoms with Crippen molar-refractivity contribution in [2.24, 2.45) is 0 Å². The van der Waals surface area contributed by atoms with Crippen LogP contribution in [0.4, 0.5) is 0 Å². The number of hydrogen-bond acceptors (Lipinski definition) is 4. The van der Waals surface area contributed by atoms with E-state index in [1.54, 1.807) is 0 Å². The van der Waals surface area contributed by atoms with Crippen molar-refractivity contribution in [1.29, 1.82) is 0 Å². The Morgan fingerprint density at radius 1 is 1.28 bits per heavy atom. The SMILES string of the molecule is O=C(c1cccs1)N1CCN(CCCCO)CC1. The number of thiophene rings is 1. The molecule has 2 rings (SSSR count).